The lowest BCUT2D eigenvalue weighted by Crippen LogP contribution is -2.44. The molecule has 0 aliphatic carbocycles. The lowest BCUT2D eigenvalue weighted by Gasteiger charge is -2.24. The van der Waals surface area contributed by atoms with Crippen LogP contribution >= 0.6 is 0 Å². The molecule has 8 nitrogen and oxygen atoms in total. The second-order valence-electron chi connectivity index (χ2n) is 5.33. The fraction of sp³-hybridized carbons (Fsp3) is 0.357. The van der Waals surface area contributed by atoms with Crippen LogP contribution in [0.4, 0.5) is 0 Å². The van der Waals surface area contributed by atoms with Crippen molar-refractivity contribution in [1.29, 1.82) is 5.26 Å². The maximum atomic E-state index is 12.0. The van der Waals surface area contributed by atoms with Crippen LogP contribution < -0.4 is 5.14 Å². The summed E-state index contributed by atoms with van der Waals surface area (Å²) in [6, 6.07) is 7.08. The third-order valence-corrected chi connectivity index (χ3v) is 5.01. The van der Waals surface area contributed by atoms with E-state index in [0.29, 0.717) is 11.1 Å². The van der Waals surface area contributed by atoms with Crippen molar-refractivity contribution in [3.8, 4) is 6.07 Å². The molecule has 1 saturated heterocycles. The molecule has 1 aliphatic rings. The lowest BCUT2D eigenvalue weighted by atomic mass is 10.0. The molecule has 9 heteroatoms. The van der Waals surface area contributed by atoms with E-state index < -0.39 is 33.2 Å². The van der Waals surface area contributed by atoms with Gasteiger partial charge in [-0.1, -0.05) is 12.1 Å². The number of hydrogen-bond acceptors (Lipinski definition) is 5. The summed E-state index contributed by atoms with van der Waals surface area (Å²) in [6.45, 7) is -0.231. The van der Waals surface area contributed by atoms with Gasteiger partial charge >= 0.3 is 5.97 Å². The number of nitrogens with zero attached hydrogens (tertiary/aromatic N) is 2. The van der Waals surface area contributed by atoms with Crippen LogP contribution in [0.1, 0.15) is 17.5 Å². The Bertz CT molecular complexity index is 767. The Morgan fingerprint density at radius 1 is 1.43 bits per heavy atom. The van der Waals surface area contributed by atoms with E-state index >= 15 is 0 Å². The number of rotatable bonds is 5. The monoisotopic (exact) mass is 337 g/mol. The molecular weight excluding hydrogens is 322 g/mol. The van der Waals surface area contributed by atoms with E-state index in [9.17, 15) is 23.1 Å². The Kier molecular flexibility index (Phi) is 4.68. The van der Waals surface area contributed by atoms with Gasteiger partial charge in [0.05, 0.1) is 11.6 Å². The molecule has 1 aromatic rings. The highest BCUT2D eigenvalue weighted by molar-refractivity contribution is 7.89. The van der Waals surface area contributed by atoms with Crippen molar-refractivity contribution in [2.75, 3.05) is 6.54 Å². The first-order valence-electron chi connectivity index (χ1n) is 6.75. The van der Waals surface area contributed by atoms with Crippen molar-refractivity contribution < 1.29 is 23.1 Å². The zero-order valence-electron chi connectivity index (χ0n) is 12.0. The largest absolute Gasteiger partial charge is 0.480 e. The number of benzene rings is 1. The number of hydrogen-bond donors (Lipinski definition) is 2. The molecule has 0 aromatic heterocycles. The van der Waals surface area contributed by atoms with Crippen LogP contribution in [0.15, 0.2) is 24.3 Å². The maximum absolute atomic E-state index is 12.0. The number of nitrogens with two attached hydrogens (primary N) is 1. The van der Waals surface area contributed by atoms with Crippen LogP contribution in [0.2, 0.25) is 0 Å². The molecule has 1 aromatic carbocycles. The lowest BCUT2D eigenvalue weighted by molar-refractivity contribution is -0.148. The molecule has 3 N–H and O–H groups in total. The van der Waals surface area contributed by atoms with Gasteiger partial charge in [0.2, 0.25) is 15.9 Å². The van der Waals surface area contributed by atoms with E-state index in [2.05, 4.69) is 0 Å². The van der Waals surface area contributed by atoms with Crippen LogP contribution in [0.5, 0.6) is 0 Å². The first-order valence-corrected chi connectivity index (χ1v) is 8.36. The van der Waals surface area contributed by atoms with Crippen LogP contribution in [-0.4, -0.2) is 48.1 Å². The number of carbonyl (C=O) groups excluding carboxylic acids is 1. The standard InChI is InChI=1S/C14H15N3O5S/c15-7-10-3-1-9(2-4-10)5-12(14(19)20)17-8-11(6-13(17)18)23(16,21)22/h1-4,11-12H,5-6,8H2,(H,19,20)(H2,16,21,22)/t11?,12-/m0/s1. The van der Waals surface area contributed by atoms with Gasteiger partial charge in [-0.2, -0.15) is 5.26 Å². The Hall–Kier alpha value is -2.44. The quantitative estimate of drug-likeness (QED) is 0.738. The fourth-order valence-electron chi connectivity index (χ4n) is 2.49. The van der Waals surface area contributed by atoms with E-state index in [1.165, 1.54) is 0 Å². The van der Waals surface area contributed by atoms with Gasteiger partial charge in [0.1, 0.15) is 11.3 Å². The van der Waals surface area contributed by atoms with Crippen molar-refractivity contribution in [1.82, 2.24) is 4.90 Å². The number of nitriles is 1. The summed E-state index contributed by atoms with van der Waals surface area (Å²) in [4.78, 5) is 24.5. The summed E-state index contributed by atoms with van der Waals surface area (Å²) < 4.78 is 22.7. The Labute approximate surface area is 133 Å². The topological polar surface area (TPSA) is 142 Å². The second-order valence-corrected chi connectivity index (χ2v) is 7.17. The first-order chi connectivity index (χ1) is 10.7. The SMILES string of the molecule is N#Cc1ccc(C[C@@H](C(=O)O)N2CC(S(N)(=O)=O)CC2=O)cc1. The van der Waals surface area contributed by atoms with Gasteiger partial charge in [0, 0.05) is 19.4 Å². The zero-order valence-corrected chi connectivity index (χ0v) is 12.9. The molecule has 0 bridgehead atoms. The predicted molar refractivity (Wildman–Crippen MR) is 79.5 cm³/mol. The van der Waals surface area contributed by atoms with Gasteiger partial charge < -0.3 is 10.0 Å². The minimum Gasteiger partial charge on any atom is -0.480 e. The maximum Gasteiger partial charge on any atom is 0.326 e. The third kappa shape index (κ3) is 3.85. The molecule has 2 rings (SSSR count). The van der Waals surface area contributed by atoms with Crippen molar-refractivity contribution in [3.05, 3.63) is 35.4 Å². The van der Waals surface area contributed by atoms with Crippen LogP contribution in [-0.2, 0) is 26.0 Å². The van der Waals surface area contributed by atoms with Crippen LogP contribution in [0.25, 0.3) is 0 Å². The number of carboxylic acids is 1. The molecule has 1 unspecified atom stereocenters. The summed E-state index contributed by atoms with van der Waals surface area (Å²) in [7, 11) is -3.90. The minimum atomic E-state index is -3.90. The van der Waals surface area contributed by atoms with E-state index in [0.717, 1.165) is 4.90 Å². The molecule has 1 fully saturated rings. The number of amides is 1. The minimum absolute atomic E-state index is 0.0180. The Morgan fingerprint density at radius 3 is 2.48 bits per heavy atom. The molecule has 0 radical (unpaired) electrons. The van der Waals surface area contributed by atoms with Gasteiger partial charge in [-0.3, -0.25) is 4.79 Å². The van der Waals surface area contributed by atoms with Crippen molar-refractivity contribution in [2.45, 2.75) is 24.1 Å². The van der Waals surface area contributed by atoms with Gasteiger partial charge in [-0.15, -0.1) is 0 Å². The van der Waals surface area contributed by atoms with E-state index in [1.807, 2.05) is 6.07 Å². The predicted octanol–water partition coefficient (Wildman–Crippen LogP) is -0.557. The Morgan fingerprint density at radius 2 is 2.04 bits per heavy atom. The average Bonchev–Trinajstić information content (AvgIpc) is 2.87. The van der Waals surface area contributed by atoms with Crippen molar-refractivity contribution in [2.24, 2.45) is 5.14 Å². The highest BCUT2D eigenvalue weighted by atomic mass is 32.2. The summed E-state index contributed by atoms with van der Waals surface area (Å²) >= 11 is 0. The summed E-state index contributed by atoms with van der Waals surface area (Å²) in [5.41, 5.74) is 1.07. The third-order valence-electron chi connectivity index (χ3n) is 3.76. The zero-order chi connectivity index (χ0) is 17.2. The van der Waals surface area contributed by atoms with E-state index in [-0.39, 0.29) is 19.4 Å². The Balaban J connectivity index is 2.20. The molecule has 1 heterocycles. The molecular formula is C14H15N3O5S. The van der Waals surface area contributed by atoms with Crippen molar-refractivity contribution >= 4 is 21.9 Å². The highest BCUT2D eigenvalue weighted by Crippen LogP contribution is 2.21. The number of primary sulfonamides is 1. The number of likely N-dealkylation sites (tertiary alicyclic amines) is 1. The molecule has 0 saturated carbocycles. The normalized spacial score (nSPS) is 19.4. The highest BCUT2D eigenvalue weighted by Gasteiger charge is 2.41. The van der Waals surface area contributed by atoms with Gasteiger partial charge in [0.25, 0.3) is 0 Å². The summed E-state index contributed by atoms with van der Waals surface area (Å²) in [6.07, 6.45) is -0.292. The van der Waals surface area contributed by atoms with Gasteiger partial charge in [-0.25, -0.2) is 18.4 Å². The van der Waals surface area contributed by atoms with E-state index in [1.54, 1.807) is 24.3 Å². The number of sulfonamides is 1. The molecule has 23 heavy (non-hydrogen) atoms. The summed E-state index contributed by atoms with van der Waals surface area (Å²) in [5, 5.41) is 22.1. The smallest absolute Gasteiger partial charge is 0.326 e. The van der Waals surface area contributed by atoms with Gasteiger partial charge in [0.15, 0.2) is 0 Å². The second kappa shape index (κ2) is 6.36. The fourth-order valence-corrected chi connectivity index (χ4v) is 3.23. The van der Waals surface area contributed by atoms with Gasteiger partial charge in [-0.05, 0) is 17.7 Å². The molecule has 1 aliphatic heterocycles. The van der Waals surface area contributed by atoms with Crippen molar-refractivity contribution in [3.63, 3.8) is 0 Å². The molecule has 1 amide bonds. The molecule has 0 spiro atoms. The summed E-state index contributed by atoms with van der Waals surface area (Å²) in [5.74, 6) is -1.78. The van der Waals surface area contributed by atoms with Crippen LogP contribution in [0.3, 0.4) is 0 Å². The number of carboxylic acid groups (broad SMARTS) is 1. The van der Waals surface area contributed by atoms with Crippen LogP contribution in [0, 0.1) is 11.3 Å². The molecule has 122 valence electrons. The number of carbonyl (C=O) groups is 2. The molecule has 2 atom stereocenters. The first kappa shape index (κ1) is 16.9. The number of aliphatic carboxylic acids is 1. The average molecular weight is 337 g/mol. The van der Waals surface area contributed by atoms with E-state index in [4.69, 9.17) is 10.4 Å².